The average molecular weight is 448 g/mol. The highest BCUT2D eigenvalue weighted by atomic mass is 31.0. The molecular weight excluding hydrogens is 423 g/mol. The van der Waals surface area contributed by atoms with E-state index in [1.54, 1.807) is 31.2 Å². The maximum absolute atomic E-state index is 12.3. The van der Waals surface area contributed by atoms with Crippen molar-refractivity contribution in [1.82, 2.24) is 10.6 Å². The number of rotatable bonds is 10. The molecule has 3 N–H and O–H groups in total. The summed E-state index contributed by atoms with van der Waals surface area (Å²) in [6.45, 7) is 1.49. The van der Waals surface area contributed by atoms with E-state index < -0.39 is 24.0 Å². The van der Waals surface area contributed by atoms with Crippen LogP contribution in [-0.4, -0.2) is 42.3 Å². The lowest BCUT2D eigenvalue weighted by atomic mass is 10.1. The Hall–Kier alpha value is -3.32. The number of benzene rings is 2. The molecule has 9 nitrogen and oxygen atoms in total. The Labute approximate surface area is 182 Å². The summed E-state index contributed by atoms with van der Waals surface area (Å²) in [4.78, 5) is 36.3. The third kappa shape index (κ3) is 8.14. The molecule has 0 aliphatic rings. The number of hydrogen-bond donors (Lipinski definition) is 3. The Bertz CT molecular complexity index is 893. The number of phenols is 1. The number of esters is 1. The van der Waals surface area contributed by atoms with Gasteiger partial charge >= 0.3 is 12.1 Å². The van der Waals surface area contributed by atoms with E-state index >= 15 is 0 Å². The van der Waals surface area contributed by atoms with Gasteiger partial charge in [0.1, 0.15) is 19.2 Å². The predicted octanol–water partition coefficient (Wildman–Crippen LogP) is 2.08. The van der Waals surface area contributed by atoms with E-state index in [4.69, 9.17) is 14.0 Å². The summed E-state index contributed by atoms with van der Waals surface area (Å²) in [6.07, 6.45) is -0.655. The van der Waals surface area contributed by atoms with Crippen LogP contribution in [0.3, 0.4) is 0 Å². The van der Waals surface area contributed by atoms with Gasteiger partial charge in [-0.25, -0.2) is 9.59 Å². The molecule has 2 aromatic rings. The minimum atomic E-state index is -0.989. The quantitative estimate of drug-likeness (QED) is 0.376. The fourth-order valence-corrected chi connectivity index (χ4v) is 2.81. The zero-order valence-electron chi connectivity index (χ0n) is 17.0. The minimum Gasteiger partial charge on any atom is -0.504 e. The number of amides is 2. The summed E-state index contributed by atoms with van der Waals surface area (Å²) in [5, 5.41) is 14.6. The van der Waals surface area contributed by atoms with Crippen LogP contribution in [0.2, 0.25) is 0 Å². The van der Waals surface area contributed by atoms with Crippen molar-refractivity contribution in [3.63, 3.8) is 0 Å². The van der Waals surface area contributed by atoms with E-state index in [1.807, 2.05) is 27.7 Å². The summed E-state index contributed by atoms with van der Waals surface area (Å²) in [5.74, 6) is -1.06. The number of carbonyl (C=O) groups is 3. The molecule has 0 bridgehead atoms. The Morgan fingerprint density at radius 1 is 1.06 bits per heavy atom. The van der Waals surface area contributed by atoms with Gasteiger partial charge in [-0.15, -0.1) is 0 Å². The van der Waals surface area contributed by atoms with E-state index in [0.717, 1.165) is 5.56 Å². The first kappa shape index (κ1) is 24.0. The summed E-state index contributed by atoms with van der Waals surface area (Å²) < 4.78 is 15.0. The lowest BCUT2D eigenvalue weighted by molar-refractivity contribution is -0.147. The number of alkyl carbamates (subject to hydrolysis) is 1. The van der Waals surface area contributed by atoms with E-state index in [2.05, 4.69) is 10.6 Å². The molecule has 2 amide bonds. The van der Waals surface area contributed by atoms with Crippen LogP contribution in [0.15, 0.2) is 48.5 Å². The van der Waals surface area contributed by atoms with Gasteiger partial charge in [-0.3, -0.25) is 4.79 Å². The maximum Gasteiger partial charge on any atom is 0.407 e. The van der Waals surface area contributed by atoms with Crippen molar-refractivity contribution in [2.45, 2.75) is 26.0 Å². The first-order valence-electron chi connectivity index (χ1n) is 9.52. The highest BCUT2D eigenvalue weighted by molar-refractivity contribution is 7.10. The predicted molar refractivity (Wildman–Crippen MR) is 115 cm³/mol. The van der Waals surface area contributed by atoms with Crippen LogP contribution in [0.1, 0.15) is 18.1 Å². The highest BCUT2D eigenvalue weighted by Crippen LogP contribution is 2.28. The van der Waals surface area contributed by atoms with Crippen molar-refractivity contribution in [2.24, 2.45) is 0 Å². The molecule has 0 saturated heterocycles. The Morgan fingerprint density at radius 3 is 2.48 bits per heavy atom. The molecule has 0 heterocycles. The van der Waals surface area contributed by atoms with Crippen molar-refractivity contribution in [1.29, 1.82) is 0 Å². The summed E-state index contributed by atoms with van der Waals surface area (Å²) in [5.41, 5.74) is 1.44. The summed E-state index contributed by atoms with van der Waals surface area (Å²) in [6, 6.07) is 12.7. The van der Waals surface area contributed by atoms with Gasteiger partial charge < -0.3 is 29.7 Å². The van der Waals surface area contributed by atoms with Crippen LogP contribution in [0.25, 0.3) is 0 Å². The van der Waals surface area contributed by atoms with Crippen LogP contribution < -0.4 is 15.2 Å². The molecule has 0 radical (unpaired) electrons. The zero-order valence-corrected chi connectivity index (χ0v) is 18.2. The van der Waals surface area contributed by atoms with Gasteiger partial charge in [-0.1, -0.05) is 36.4 Å². The molecule has 0 spiro atoms. The van der Waals surface area contributed by atoms with Gasteiger partial charge in [0.25, 0.3) is 0 Å². The zero-order chi connectivity index (χ0) is 22.6. The number of carbonyl (C=O) groups excluding carboxylic acids is 3. The van der Waals surface area contributed by atoms with Crippen molar-refractivity contribution in [3.8, 4) is 11.5 Å². The lowest BCUT2D eigenvalue weighted by Crippen LogP contribution is -2.47. The monoisotopic (exact) mass is 448 g/mol. The topological polar surface area (TPSA) is 123 Å². The van der Waals surface area contributed by atoms with Crippen molar-refractivity contribution in [2.75, 3.05) is 13.2 Å². The number of phenolic OH excluding ortho intramolecular Hbond substituents is 1. The summed E-state index contributed by atoms with van der Waals surface area (Å²) in [7, 11) is 2.02. The fourth-order valence-electron chi connectivity index (χ4n) is 2.62. The first-order chi connectivity index (χ1) is 14.9. The molecular formula is C21H25N2O7P. The van der Waals surface area contributed by atoms with Crippen LogP contribution in [0, 0.1) is 0 Å². The Kier molecular flexibility index (Phi) is 9.58. The molecule has 0 saturated carbocycles. The van der Waals surface area contributed by atoms with Crippen LogP contribution >= 0.6 is 9.47 Å². The minimum absolute atomic E-state index is 0.0614. The van der Waals surface area contributed by atoms with Gasteiger partial charge in [0.05, 0.1) is 16.1 Å². The highest BCUT2D eigenvalue weighted by Gasteiger charge is 2.23. The first-order valence-corrected chi connectivity index (χ1v) is 9.99. The third-order valence-corrected chi connectivity index (χ3v) is 4.36. The van der Waals surface area contributed by atoms with Crippen molar-refractivity contribution < 1.29 is 33.5 Å². The Balaban J connectivity index is 1.90. The molecule has 2 atom stereocenters. The van der Waals surface area contributed by atoms with Gasteiger partial charge in [0.2, 0.25) is 5.91 Å². The molecule has 2 rings (SSSR count). The third-order valence-electron chi connectivity index (χ3n) is 4.10. The lowest BCUT2D eigenvalue weighted by Gasteiger charge is -2.18. The van der Waals surface area contributed by atoms with Crippen LogP contribution in [0.4, 0.5) is 4.79 Å². The molecule has 0 fully saturated rings. The normalized spacial score (nSPS) is 11.2. The van der Waals surface area contributed by atoms with E-state index in [1.165, 1.54) is 6.07 Å². The van der Waals surface area contributed by atoms with Crippen LogP contribution in [0.5, 0.6) is 11.5 Å². The van der Waals surface area contributed by atoms with Crippen molar-refractivity contribution in [3.05, 3.63) is 59.7 Å². The largest absolute Gasteiger partial charge is 0.504 e. The fraction of sp³-hybridized carbons (Fsp3) is 0.286. The molecule has 0 aliphatic carbocycles. The van der Waals surface area contributed by atoms with Gasteiger partial charge in [-0.2, -0.15) is 0 Å². The molecule has 2 aromatic carbocycles. The number of nitrogens with one attached hydrogen (secondary N) is 2. The number of hydrogen-bond acceptors (Lipinski definition) is 7. The van der Waals surface area contributed by atoms with Gasteiger partial charge in [0.15, 0.2) is 11.5 Å². The second kappa shape index (κ2) is 12.4. The molecule has 10 heteroatoms. The van der Waals surface area contributed by atoms with E-state index in [9.17, 15) is 19.5 Å². The number of ether oxygens (including phenoxy) is 2. The van der Waals surface area contributed by atoms with E-state index in [0.29, 0.717) is 5.56 Å². The molecule has 1 unspecified atom stereocenters. The average Bonchev–Trinajstić information content (AvgIpc) is 2.77. The number of aromatic hydroxyl groups is 1. The van der Waals surface area contributed by atoms with Gasteiger partial charge in [-0.05, 0) is 30.2 Å². The molecule has 0 aromatic heterocycles. The van der Waals surface area contributed by atoms with Crippen LogP contribution in [-0.2, 0) is 32.1 Å². The Morgan fingerprint density at radius 2 is 1.81 bits per heavy atom. The molecule has 31 heavy (non-hydrogen) atoms. The summed E-state index contributed by atoms with van der Waals surface area (Å²) >= 11 is 0. The maximum atomic E-state index is 12.3. The second-order valence-electron chi connectivity index (χ2n) is 6.41. The second-order valence-corrected chi connectivity index (χ2v) is 6.65. The SMILES string of the molecule is CCOC(=O)[C@H](Cc1ccc(O)c(OP)c1)NC(=O)CNC(=O)OCc1ccccc1. The molecule has 0 aliphatic heterocycles. The molecule has 166 valence electrons. The smallest absolute Gasteiger partial charge is 0.407 e. The van der Waals surface area contributed by atoms with E-state index in [-0.39, 0.29) is 37.7 Å². The standard InChI is InChI=1S/C21H25N2O7P/c1-2-28-20(26)16(10-15-8-9-17(24)18(11-15)30-31)23-19(25)12-22-21(27)29-13-14-6-4-3-5-7-14/h3-9,11,16,24H,2,10,12-13,31H2,1H3,(H,22,27)(H,23,25)/t16-/m0/s1. The van der Waals surface area contributed by atoms with Crippen molar-refractivity contribution >= 4 is 27.4 Å². The van der Waals surface area contributed by atoms with Gasteiger partial charge in [0, 0.05) is 6.42 Å².